The molecule has 1 aromatic rings. The van der Waals surface area contributed by atoms with Crippen molar-refractivity contribution in [3.63, 3.8) is 0 Å². The van der Waals surface area contributed by atoms with Crippen LogP contribution in [0.3, 0.4) is 0 Å². The van der Waals surface area contributed by atoms with E-state index < -0.39 is 0 Å². The third-order valence-electron chi connectivity index (χ3n) is 0.836. The summed E-state index contributed by atoms with van der Waals surface area (Å²) in [5.74, 6) is 0. The second-order valence-electron chi connectivity index (χ2n) is 1.36. The fourth-order valence-corrected chi connectivity index (χ4v) is 0.880. The van der Waals surface area contributed by atoms with Crippen LogP contribution in [0.25, 0.3) is 0 Å². The van der Waals surface area contributed by atoms with Gasteiger partial charge in [0.2, 0.25) is 0 Å². The molecular weight excluding hydrogens is 122 g/mol. The molecule has 0 radical (unpaired) electrons. The molecule has 1 heterocycles. The van der Waals surface area contributed by atoms with Gasteiger partial charge < -0.3 is 5.73 Å². The van der Waals surface area contributed by atoms with Crippen molar-refractivity contribution in [2.45, 2.75) is 5.03 Å². The topological polar surface area (TPSA) is 54.7 Å². The van der Waals surface area contributed by atoms with Gasteiger partial charge in [-0.05, 0) is 6.26 Å². The normalized spacial score (nSPS) is 9.62. The van der Waals surface area contributed by atoms with E-state index in [2.05, 4.69) is 10.2 Å². The Hall–Kier alpha value is -0.640. The molecule has 44 valence electrons. The van der Waals surface area contributed by atoms with Crippen molar-refractivity contribution in [2.75, 3.05) is 12.0 Å². The summed E-state index contributed by atoms with van der Waals surface area (Å²) >= 11 is 1.56. The molecule has 4 heteroatoms. The van der Waals surface area contributed by atoms with Gasteiger partial charge in [0.25, 0.3) is 0 Å². The zero-order valence-electron chi connectivity index (χ0n) is 4.51. The Labute approximate surface area is 51.7 Å². The fourth-order valence-electron chi connectivity index (χ4n) is 0.447. The van der Waals surface area contributed by atoms with Crippen LogP contribution in [0.2, 0.25) is 0 Å². The molecule has 3 N–H and O–H groups in total. The minimum atomic E-state index is 0.720. The summed E-state index contributed by atoms with van der Waals surface area (Å²) < 4.78 is 0. The zero-order chi connectivity index (χ0) is 5.98. The number of aromatic amines is 1. The van der Waals surface area contributed by atoms with Crippen molar-refractivity contribution in [3.8, 4) is 0 Å². The molecule has 3 nitrogen and oxygen atoms in total. The Balaban J connectivity index is 2.92. The Morgan fingerprint density at radius 1 is 1.88 bits per heavy atom. The smallest absolute Gasteiger partial charge is 0.113 e. The molecule has 1 rings (SSSR count). The lowest BCUT2D eigenvalue weighted by Crippen LogP contribution is -1.81. The highest BCUT2D eigenvalue weighted by atomic mass is 32.2. The molecular formula is C4H7N3S. The predicted octanol–water partition coefficient (Wildman–Crippen LogP) is 0.714. The van der Waals surface area contributed by atoms with Crippen LogP contribution < -0.4 is 5.73 Å². The van der Waals surface area contributed by atoms with Gasteiger partial charge in [-0.1, -0.05) is 0 Å². The van der Waals surface area contributed by atoms with E-state index in [1.807, 2.05) is 6.26 Å². The van der Waals surface area contributed by atoms with E-state index >= 15 is 0 Å². The highest BCUT2D eigenvalue weighted by Gasteiger charge is 1.94. The van der Waals surface area contributed by atoms with E-state index in [1.54, 1.807) is 18.0 Å². The number of rotatable bonds is 1. The fraction of sp³-hybridized carbons (Fsp3) is 0.250. The Bertz CT molecular complexity index is 172. The number of H-pyrrole nitrogens is 1. The van der Waals surface area contributed by atoms with Crippen molar-refractivity contribution in [3.05, 3.63) is 6.20 Å². The minimum Gasteiger partial charge on any atom is -0.395 e. The second-order valence-corrected chi connectivity index (χ2v) is 2.18. The van der Waals surface area contributed by atoms with Crippen molar-refractivity contribution in [1.29, 1.82) is 0 Å². The highest BCUT2D eigenvalue weighted by molar-refractivity contribution is 7.98. The third kappa shape index (κ3) is 0.790. The van der Waals surface area contributed by atoms with Gasteiger partial charge in [0, 0.05) is 0 Å². The SMILES string of the molecule is CSc1[nH]ncc1N. The number of nitrogens with zero attached hydrogens (tertiary/aromatic N) is 1. The van der Waals surface area contributed by atoms with E-state index in [0.717, 1.165) is 10.7 Å². The lowest BCUT2D eigenvalue weighted by atomic mass is 10.6. The molecule has 0 aliphatic rings. The van der Waals surface area contributed by atoms with Gasteiger partial charge in [-0.3, -0.25) is 5.10 Å². The zero-order valence-corrected chi connectivity index (χ0v) is 5.33. The lowest BCUT2D eigenvalue weighted by Gasteiger charge is -1.86. The van der Waals surface area contributed by atoms with E-state index in [1.165, 1.54) is 0 Å². The average Bonchev–Trinajstić information content (AvgIpc) is 2.14. The van der Waals surface area contributed by atoms with Crippen LogP contribution in [-0.4, -0.2) is 16.5 Å². The van der Waals surface area contributed by atoms with Gasteiger partial charge in [-0.2, -0.15) is 5.10 Å². The van der Waals surface area contributed by atoms with Gasteiger partial charge in [0.1, 0.15) is 5.03 Å². The molecule has 0 saturated heterocycles. The first-order valence-electron chi connectivity index (χ1n) is 2.17. The van der Waals surface area contributed by atoms with Crippen LogP contribution in [0.1, 0.15) is 0 Å². The Morgan fingerprint density at radius 2 is 2.62 bits per heavy atom. The van der Waals surface area contributed by atoms with E-state index in [-0.39, 0.29) is 0 Å². The maximum absolute atomic E-state index is 5.44. The number of thioether (sulfide) groups is 1. The first-order chi connectivity index (χ1) is 3.84. The lowest BCUT2D eigenvalue weighted by molar-refractivity contribution is 1.01. The molecule has 0 aliphatic carbocycles. The molecule has 0 aromatic carbocycles. The Morgan fingerprint density at radius 3 is 2.88 bits per heavy atom. The summed E-state index contributed by atoms with van der Waals surface area (Å²) in [5, 5.41) is 7.40. The van der Waals surface area contributed by atoms with Gasteiger partial charge in [-0.15, -0.1) is 11.8 Å². The van der Waals surface area contributed by atoms with Crippen LogP contribution in [0.4, 0.5) is 5.69 Å². The number of hydrogen-bond donors (Lipinski definition) is 2. The first kappa shape index (κ1) is 5.50. The Kier molecular flexibility index (Phi) is 1.43. The molecule has 0 fully saturated rings. The summed E-state index contributed by atoms with van der Waals surface area (Å²) in [4.78, 5) is 0. The first-order valence-corrected chi connectivity index (χ1v) is 3.40. The molecule has 0 spiro atoms. The number of hydrogen-bond acceptors (Lipinski definition) is 3. The van der Waals surface area contributed by atoms with Gasteiger partial charge in [0.15, 0.2) is 0 Å². The van der Waals surface area contributed by atoms with Crippen molar-refractivity contribution in [1.82, 2.24) is 10.2 Å². The van der Waals surface area contributed by atoms with Gasteiger partial charge >= 0.3 is 0 Å². The highest BCUT2D eigenvalue weighted by Crippen LogP contribution is 2.17. The number of nitrogen functional groups attached to an aromatic ring is 1. The molecule has 0 atom stereocenters. The molecule has 0 bridgehead atoms. The number of nitrogens with one attached hydrogen (secondary N) is 1. The van der Waals surface area contributed by atoms with E-state index in [9.17, 15) is 0 Å². The number of anilines is 1. The summed E-state index contributed by atoms with van der Waals surface area (Å²) in [6.45, 7) is 0. The van der Waals surface area contributed by atoms with Gasteiger partial charge in [0.05, 0.1) is 11.9 Å². The summed E-state index contributed by atoms with van der Waals surface area (Å²) in [6.07, 6.45) is 3.55. The van der Waals surface area contributed by atoms with Crippen molar-refractivity contribution < 1.29 is 0 Å². The monoisotopic (exact) mass is 129 g/mol. The number of aromatic nitrogens is 2. The van der Waals surface area contributed by atoms with Crippen LogP contribution in [0.15, 0.2) is 11.2 Å². The summed E-state index contributed by atoms with van der Waals surface area (Å²) in [6, 6.07) is 0. The molecule has 0 saturated carbocycles. The van der Waals surface area contributed by atoms with Crippen LogP contribution in [0, 0.1) is 0 Å². The predicted molar refractivity (Wildman–Crippen MR) is 34.8 cm³/mol. The largest absolute Gasteiger partial charge is 0.395 e. The second kappa shape index (κ2) is 2.09. The van der Waals surface area contributed by atoms with Crippen LogP contribution in [-0.2, 0) is 0 Å². The summed E-state index contributed by atoms with van der Waals surface area (Å²) in [5.41, 5.74) is 6.16. The maximum Gasteiger partial charge on any atom is 0.113 e. The average molecular weight is 129 g/mol. The van der Waals surface area contributed by atoms with E-state index in [0.29, 0.717) is 0 Å². The van der Waals surface area contributed by atoms with Gasteiger partial charge in [-0.25, -0.2) is 0 Å². The molecule has 0 aliphatic heterocycles. The van der Waals surface area contributed by atoms with E-state index in [4.69, 9.17) is 5.73 Å². The molecule has 1 aromatic heterocycles. The molecule has 8 heavy (non-hydrogen) atoms. The standard InChI is InChI=1S/C4H7N3S/c1-8-4-3(5)2-6-7-4/h2H,5H2,1H3,(H,6,7). The molecule has 0 unspecified atom stereocenters. The number of nitrogens with two attached hydrogens (primary N) is 1. The minimum absolute atomic E-state index is 0.720. The third-order valence-corrected chi connectivity index (χ3v) is 1.57. The molecule has 0 amide bonds. The van der Waals surface area contributed by atoms with Crippen molar-refractivity contribution in [2.24, 2.45) is 0 Å². The quantitative estimate of drug-likeness (QED) is 0.549. The summed E-state index contributed by atoms with van der Waals surface area (Å²) in [7, 11) is 0. The van der Waals surface area contributed by atoms with Crippen LogP contribution in [0.5, 0.6) is 0 Å². The van der Waals surface area contributed by atoms with Crippen molar-refractivity contribution >= 4 is 17.4 Å². The maximum atomic E-state index is 5.44. The van der Waals surface area contributed by atoms with Crippen LogP contribution >= 0.6 is 11.8 Å².